The molecule has 2 aliphatic rings. The molecule has 16 heavy (non-hydrogen) atoms. The van der Waals surface area contributed by atoms with Gasteiger partial charge in [-0.2, -0.15) is 0 Å². The Bertz CT molecular complexity index is 268. The highest BCUT2D eigenvalue weighted by Crippen LogP contribution is 2.16. The van der Waals surface area contributed by atoms with Crippen LogP contribution in [0.1, 0.15) is 19.3 Å². The zero-order valence-corrected chi connectivity index (χ0v) is 11.1. The quantitative estimate of drug-likeness (QED) is 0.660. The molecule has 0 aromatic heterocycles. The van der Waals surface area contributed by atoms with Gasteiger partial charge in [0.15, 0.2) is 5.96 Å². The van der Waals surface area contributed by atoms with E-state index < -0.39 is 0 Å². The van der Waals surface area contributed by atoms with Crippen LogP contribution in [-0.4, -0.2) is 36.8 Å². The molecule has 0 bridgehead atoms. The summed E-state index contributed by atoms with van der Waals surface area (Å²) in [6.45, 7) is 2.10. The average molecular weight is 290 g/mol. The number of guanidine groups is 1. The van der Waals surface area contributed by atoms with E-state index >= 15 is 0 Å². The van der Waals surface area contributed by atoms with Gasteiger partial charge in [0, 0.05) is 13.1 Å². The van der Waals surface area contributed by atoms with E-state index in [9.17, 15) is 5.11 Å². The van der Waals surface area contributed by atoms with Gasteiger partial charge >= 0.3 is 0 Å². The molecule has 2 rings (SSSR count). The minimum absolute atomic E-state index is 0. The van der Waals surface area contributed by atoms with Gasteiger partial charge in [0.25, 0.3) is 0 Å². The number of aliphatic hydroxyl groups is 1. The normalized spacial score (nSPS) is 28.7. The van der Waals surface area contributed by atoms with Gasteiger partial charge in [-0.05, 0) is 25.2 Å². The largest absolute Gasteiger partial charge is 0.389 e. The predicted molar refractivity (Wildman–Crippen MR) is 71.1 cm³/mol. The molecule has 0 aromatic carbocycles. The summed E-state index contributed by atoms with van der Waals surface area (Å²) in [6.07, 6.45) is 7.82. The van der Waals surface area contributed by atoms with Crippen LogP contribution in [0.2, 0.25) is 0 Å². The minimum Gasteiger partial charge on any atom is -0.389 e. The zero-order chi connectivity index (χ0) is 10.5. The van der Waals surface area contributed by atoms with Crippen LogP contribution in [0.5, 0.6) is 0 Å². The predicted octanol–water partition coefficient (Wildman–Crippen LogP) is 0.830. The summed E-state index contributed by atoms with van der Waals surface area (Å²) in [4.78, 5) is 4.22. The lowest BCUT2D eigenvalue weighted by atomic mass is 9.94. The zero-order valence-electron chi connectivity index (χ0n) is 9.35. The number of hydrogen-bond donors (Lipinski definition) is 3. The number of nitrogens with one attached hydrogen (secondary N) is 2. The van der Waals surface area contributed by atoms with Gasteiger partial charge in [-0.1, -0.05) is 12.2 Å². The van der Waals surface area contributed by atoms with Crippen molar-refractivity contribution in [3.8, 4) is 0 Å². The lowest BCUT2D eigenvalue weighted by molar-refractivity contribution is 0.180. The Morgan fingerprint density at radius 1 is 1.50 bits per heavy atom. The summed E-state index contributed by atoms with van der Waals surface area (Å²) < 4.78 is 0. The van der Waals surface area contributed by atoms with Crippen molar-refractivity contribution in [3.05, 3.63) is 12.2 Å². The van der Waals surface area contributed by atoms with Gasteiger partial charge in [-0.15, -0.1) is 17.0 Å². The van der Waals surface area contributed by atoms with Crippen LogP contribution in [-0.2, 0) is 0 Å². The Morgan fingerprint density at radius 3 is 3.00 bits per heavy atom. The third-order valence-corrected chi connectivity index (χ3v) is 2.90. The van der Waals surface area contributed by atoms with E-state index in [-0.39, 0.29) is 23.1 Å². The van der Waals surface area contributed by atoms with Crippen molar-refractivity contribution in [2.24, 2.45) is 10.9 Å². The summed E-state index contributed by atoms with van der Waals surface area (Å²) >= 11 is 0. The van der Waals surface area contributed by atoms with Crippen LogP contribution in [0.4, 0.5) is 0 Å². The molecule has 2 unspecified atom stereocenters. The summed E-state index contributed by atoms with van der Waals surface area (Å²) in [5.41, 5.74) is 0. The summed E-state index contributed by atoms with van der Waals surface area (Å²) in [6, 6.07) is 0. The second kappa shape index (κ2) is 6.91. The second-order valence-corrected chi connectivity index (χ2v) is 4.26. The Morgan fingerprint density at radius 2 is 2.38 bits per heavy atom. The monoisotopic (exact) mass is 289 g/mol. The summed E-state index contributed by atoms with van der Waals surface area (Å²) in [5, 5.41) is 15.6. The first kappa shape index (κ1) is 13.5. The lowest BCUT2D eigenvalue weighted by Gasteiger charge is -2.23. The van der Waals surface area contributed by atoms with Gasteiger partial charge in [0.05, 0.1) is 12.6 Å². The summed E-state index contributed by atoms with van der Waals surface area (Å²) in [5.74, 6) is 1.57. The third-order valence-electron chi connectivity index (χ3n) is 2.90. The van der Waals surface area contributed by atoms with Crippen molar-refractivity contribution in [2.75, 3.05) is 19.6 Å². The topological polar surface area (TPSA) is 56.7 Å². The number of rotatable bonds is 2. The highest BCUT2D eigenvalue weighted by molar-refractivity contribution is 8.93. The molecule has 92 valence electrons. The Hall–Kier alpha value is -0.550. The van der Waals surface area contributed by atoms with Gasteiger partial charge in [-0.3, -0.25) is 4.99 Å². The minimum atomic E-state index is -0.326. The van der Waals surface area contributed by atoms with Crippen LogP contribution in [0.15, 0.2) is 17.1 Å². The number of halogens is 1. The van der Waals surface area contributed by atoms with Crippen molar-refractivity contribution in [1.29, 1.82) is 0 Å². The van der Waals surface area contributed by atoms with E-state index in [0.29, 0.717) is 13.1 Å². The van der Waals surface area contributed by atoms with Crippen molar-refractivity contribution in [2.45, 2.75) is 25.4 Å². The Balaban J connectivity index is 0.00000128. The number of aliphatic hydroxyl groups excluding tert-OH is 1. The molecule has 0 amide bonds. The van der Waals surface area contributed by atoms with Crippen LogP contribution in [0.3, 0.4) is 0 Å². The fourth-order valence-electron chi connectivity index (χ4n) is 1.93. The summed E-state index contributed by atoms with van der Waals surface area (Å²) in [7, 11) is 0. The molecule has 3 N–H and O–H groups in total. The van der Waals surface area contributed by atoms with E-state index in [2.05, 4.69) is 27.8 Å². The maximum absolute atomic E-state index is 9.24. The van der Waals surface area contributed by atoms with Crippen molar-refractivity contribution in [1.82, 2.24) is 10.6 Å². The SMILES string of the molecule is Br.OC1CN=C(NCC2CC=CCC2)NC1. The molecule has 0 saturated carbocycles. The van der Waals surface area contributed by atoms with Gasteiger partial charge < -0.3 is 15.7 Å². The highest BCUT2D eigenvalue weighted by Gasteiger charge is 2.13. The molecule has 4 nitrogen and oxygen atoms in total. The smallest absolute Gasteiger partial charge is 0.191 e. The molecule has 0 aromatic rings. The third kappa shape index (κ3) is 4.14. The molecule has 2 atom stereocenters. The van der Waals surface area contributed by atoms with Crippen LogP contribution >= 0.6 is 17.0 Å². The van der Waals surface area contributed by atoms with Crippen molar-refractivity contribution in [3.63, 3.8) is 0 Å². The molecule has 0 spiro atoms. The average Bonchev–Trinajstić information content (AvgIpc) is 2.30. The van der Waals surface area contributed by atoms with Gasteiger partial charge in [0.2, 0.25) is 0 Å². The van der Waals surface area contributed by atoms with E-state index in [1.807, 2.05) is 0 Å². The van der Waals surface area contributed by atoms with Crippen LogP contribution in [0, 0.1) is 5.92 Å². The molecular formula is C11H20BrN3O. The number of nitrogens with zero attached hydrogens (tertiary/aromatic N) is 1. The number of hydrogen-bond acceptors (Lipinski definition) is 4. The number of β-amino-alcohol motifs (C(OH)–C–C–N with tert-alkyl or cyclic N) is 1. The first-order valence-electron chi connectivity index (χ1n) is 5.70. The molecule has 1 aliphatic heterocycles. The molecule has 0 saturated heterocycles. The van der Waals surface area contributed by atoms with Crippen LogP contribution < -0.4 is 10.6 Å². The van der Waals surface area contributed by atoms with E-state index in [0.717, 1.165) is 18.4 Å². The van der Waals surface area contributed by atoms with Crippen molar-refractivity contribution >= 4 is 22.9 Å². The highest BCUT2D eigenvalue weighted by atomic mass is 79.9. The van der Waals surface area contributed by atoms with Gasteiger partial charge in [0.1, 0.15) is 0 Å². The maximum atomic E-state index is 9.24. The van der Waals surface area contributed by atoms with E-state index in [1.165, 1.54) is 19.3 Å². The maximum Gasteiger partial charge on any atom is 0.191 e. The van der Waals surface area contributed by atoms with Crippen LogP contribution in [0.25, 0.3) is 0 Å². The van der Waals surface area contributed by atoms with Crippen molar-refractivity contribution < 1.29 is 5.11 Å². The number of allylic oxidation sites excluding steroid dienone is 2. The Kier molecular flexibility index (Phi) is 5.84. The number of aliphatic imine (C=N–C) groups is 1. The van der Waals surface area contributed by atoms with Gasteiger partial charge in [-0.25, -0.2) is 0 Å². The van der Waals surface area contributed by atoms with E-state index in [4.69, 9.17) is 0 Å². The fraction of sp³-hybridized carbons (Fsp3) is 0.727. The fourth-order valence-corrected chi connectivity index (χ4v) is 1.93. The van der Waals surface area contributed by atoms with E-state index in [1.54, 1.807) is 0 Å². The first-order chi connectivity index (χ1) is 7.34. The molecule has 5 heteroatoms. The molecule has 0 fully saturated rings. The molecule has 0 radical (unpaired) electrons. The molecular weight excluding hydrogens is 270 g/mol. The molecule has 1 heterocycles. The molecule has 1 aliphatic carbocycles. The first-order valence-corrected chi connectivity index (χ1v) is 5.70. The Labute approximate surface area is 107 Å². The second-order valence-electron chi connectivity index (χ2n) is 4.26. The lowest BCUT2D eigenvalue weighted by Crippen LogP contribution is -2.47. The standard InChI is InChI=1S/C11H19N3O.BrH/c15-10-7-13-11(14-8-10)12-6-9-4-2-1-3-5-9;/h1-2,9-10,15H,3-8H2,(H2,12,13,14);1H.